The number of rotatable bonds is 6. The standard InChI is InChI=1S/C22H26N2O3/c1-27-22(26)20(14-16-8-9-17-4-2-3-5-18(17)12-16)24-11-10-23-19(21(24)25)13-15-6-7-15/h2-5,8-9,12,15,19-20,23H,6-7,10-11,13-14H2,1H3/t19-,20-/m0/s1. The van der Waals surface area contributed by atoms with Crippen LogP contribution < -0.4 is 5.32 Å². The Balaban J connectivity index is 1.56. The number of piperazine rings is 1. The molecule has 27 heavy (non-hydrogen) atoms. The number of carbonyl (C=O) groups is 2. The number of nitrogens with zero attached hydrogens (tertiary/aromatic N) is 1. The summed E-state index contributed by atoms with van der Waals surface area (Å²) in [5.41, 5.74) is 1.04. The summed E-state index contributed by atoms with van der Waals surface area (Å²) >= 11 is 0. The van der Waals surface area contributed by atoms with E-state index < -0.39 is 6.04 Å². The summed E-state index contributed by atoms with van der Waals surface area (Å²) in [5.74, 6) is 0.344. The molecule has 0 bridgehead atoms. The van der Waals surface area contributed by atoms with Crippen molar-refractivity contribution in [2.24, 2.45) is 5.92 Å². The maximum absolute atomic E-state index is 13.0. The lowest BCUT2D eigenvalue weighted by molar-refractivity contribution is -0.155. The van der Waals surface area contributed by atoms with Gasteiger partial charge in [-0.25, -0.2) is 4.79 Å². The molecule has 2 aromatic carbocycles. The maximum atomic E-state index is 13.0. The second-order valence-corrected chi connectivity index (χ2v) is 7.64. The van der Waals surface area contributed by atoms with Crippen LogP contribution in [0.2, 0.25) is 0 Å². The van der Waals surface area contributed by atoms with Crippen LogP contribution in [0, 0.1) is 5.92 Å². The SMILES string of the molecule is COC(=O)[C@H](Cc1ccc2ccccc2c1)N1CCN[C@@H](CC2CC2)C1=O. The summed E-state index contributed by atoms with van der Waals surface area (Å²) in [5, 5.41) is 5.63. The number of amides is 1. The van der Waals surface area contributed by atoms with Crippen LogP contribution in [0.1, 0.15) is 24.8 Å². The Kier molecular flexibility index (Phi) is 5.12. The van der Waals surface area contributed by atoms with Gasteiger partial charge in [0.05, 0.1) is 13.2 Å². The molecule has 1 saturated heterocycles. The molecule has 1 saturated carbocycles. The molecule has 1 amide bonds. The van der Waals surface area contributed by atoms with E-state index in [0.29, 0.717) is 25.4 Å². The number of nitrogens with one attached hydrogen (secondary N) is 1. The van der Waals surface area contributed by atoms with E-state index in [2.05, 4.69) is 29.6 Å². The number of ether oxygens (including phenoxy) is 1. The number of methoxy groups -OCH3 is 1. The van der Waals surface area contributed by atoms with Crippen molar-refractivity contribution in [3.63, 3.8) is 0 Å². The topological polar surface area (TPSA) is 58.6 Å². The first kappa shape index (κ1) is 18.0. The highest BCUT2D eigenvalue weighted by molar-refractivity contribution is 5.89. The molecular formula is C22H26N2O3. The van der Waals surface area contributed by atoms with Crippen molar-refractivity contribution < 1.29 is 14.3 Å². The van der Waals surface area contributed by atoms with Gasteiger partial charge in [-0.1, -0.05) is 55.3 Å². The highest BCUT2D eigenvalue weighted by atomic mass is 16.5. The van der Waals surface area contributed by atoms with E-state index in [1.54, 1.807) is 4.90 Å². The lowest BCUT2D eigenvalue weighted by atomic mass is 9.98. The molecule has 1 aliphatic carbocycles. The highest BCUT2D eigenvalue weighted by Crippen LogP contribution is 2.34. The minimum absolute atomic E-state index is 0.0318. The summed E-state index contributed by atoms with van der Waals surface area (Å²) in [6.45, 7) is 1.25. The molecule has 2 aromatic rings. The molecule has 0 radical (unpaired) electrons. The van der Waals surface area contributed by atoms with Crippen molar-refractivity contribution in [1.82, 2.24) is 10.2 Å². The van der Waals surface area contributed by atoms with Crippen molar-refractivity contribution >= 4 is 22.6 Å². The number of benzene rings is 2. The van der Waals surface area contributed by atoms with Crippen molar-refractivity contribution in [3.8, 4) is 0 Å². The van der Waals surface area contributed by atoms with Crippen LogP contribution in [0.25, 0.3) is 10.8 Å². The van der Waals surface area contributed by atoms with Crippen LogP contribution in [-0.4, -0.2) is 49.1 Å². The molecule has 5 heteroatoms. The van der Waals surface area contributed by atoms with Crippen LogP contribution in [0.5, 0.6) is 0 Å². The third-order valence-electron chi connectivity index (χ3n) is 5.68. The zero-order valence-corrected chi connectivity index (χ0v) is 15.7. The minimum atomic E-state index is -0.576. The van der Waals surface area contributed by atoms with Crippen molar-refractivity contribution in [1.29, 1.82) is 0 Å². The monoisotopic (exact) mass is 366 g/mol. The zero-order chi connectivity index (χ0) is 18.8. The summed E-state index contributed by atoms with van der Waals surface area (Å²) in [6, 6.07) is 13.6. The molecule has 1 aliphatic heterocycles. The Bertz CT molecular complexity index is 846. The number of carbonyl (C=O) groups excluding carboxylic acids is 2. The Morgan fingerprint density at radius 3 is 2.74 bits per heavy atom. The molecule has 0 aromatic heterocycles. The number of hydrogen-bond donors (Lipinski definition) is 1. The Labute approximate surface area is 159 Å². The Morgan fingerprint density at radius 1 is 1.22 bits per heavy atom. The predicted octanol–water partition coefficient (Wildman–Crippen LogP) is 2.52. The van der Waals surface area contributed by atoms with E-state index in [9.17, 15) is 9.59 Å². The molecule has 5 nitrogen and oxygen atoms in total. The molecule has 0 unspecified atom stereocenters. The molecule has 0 spiro atoms. The molecular weight excluding hydrogens is 340 g/mol. The van der Waals surface area contributed by atoms with Gasteiger partial charge in [-0.2, -0.15) is 0 Å². The predicted molar refractivity (Wildman–Crippen MR) is 104 cm³/mol. The first-order valence-corrected chi connectivity index (χ1v) is 9.75. The Hall–Kier alpha value is -2.40. The van der Waals surface area contributed by atoms with E-state index in [4.69, 9.17) is 4.74 Å². The highest BCUT2D eigenvalue weighted by Gasteiger charge is 2.39. The second kappa shape index (κ2) is 7.69. The number of esters is 1. The van der Waals surface area contributed by atoms with Gasteiger partial charge in [0, 0.05) is 19.5 Å². The first-order chi connectivity index (χ1) is 13.2. The maximum Gasteiger partial charge on any atom is 0.328 e. The van der Waals surface area contributed by atoms with Crippen LogP contribution in [0.15, 0.2) is 42.5 Å². The Morgan fingerprint density at radius 2 is 2.00 bits per heavy atom. The largest absolute Gasteiger partial charge is 0.467 e. The fraction of sp³-hybridized carbons (Fsp3) is 0.455. The van der Waals surface area contributed by atoms with Crippen LogP contribution in [-0.2, 0) is 20.7 Å². The van der Waals surface area contributed by atoms with E-state index in [1.165, 1.54) is 25.3 Å². The quantitative estimate of drug-likeness (QED) is 0.798. The van der Waals surface area contributed by atoms with Gasteiger partial charge in [0.1, 0.15) is 6.04 Å². The molecule has 4 rings (SSSR count). The summed E-state index contributed by atoms with van der Waals surface area (Å²) in [6.07, 6.45) is 3.77. The van der Waals surface area contributed by atoms with Gasteiger partial charge in [-0.3, -0.25) is 4.79 Å². The van der Waals surface area contributed by atoms with Crippen LogP contribution in [0.4, 0.5) is 0 Å². The zero-order valence-electron chi connectivity index (χ0n) is 15.7. The summed E-state index contributed by atoms with van der Waals surface area (Å²) < 4.78 is 5.05. The third-order valence-corrected chi connectivity index (χ3v) is 5.68. The van der Waals surface area contributed by atoms with Crippen molar-refractivity contribution in [3.05, 3.63) is 48.0 Å². The van der Waals surface area contributed by atoms with Crippen LogP contribution in [0.3, 0.4) is 0 Å². The fourth-order valence-corrected chi connectivity index (χ4v) is 3.98. The molecule has 2 atom stereocenters. The van der Waals surface area contributed by atoms with Gasteiger partial charge < -0.3 is 15.0 Å². The van der Waals surface area contributed by atoms with Gasteiger partial charge in [0.2, 0.25) is 5.91 Å². The van der Waals surface area contributed by atoms with Crippen molar-refractivity contribution in [2.45, 2.75) is 37.8 Å². The van der Waals surface area contributed by atoms with Gasteiger partial charge in [0.15, 0.2) is 0 Å². The van der Waals surface area contributed by atoms with Gasteiger partial charge in [-0.15, -0.1) is 0 Å². The van der Waals surface area contributed by atoms with Gasteiger partial charge in [0.25, 0.3) is 0 Å². The summed E-state index contributed by atoms with van der Waals surface area (Å²) in [7, 11) is 1.39. The first-order valence-electron chi connectivity index (χ1n) is 9.75. The second-order valence-electron chi connectivity index (χ2n) is 7.64. The van der Waals surface area contributed by atoms with E-state index in [1.807, 2.05) is 18.2 Å². The van der Waals surface area contributed by atoms with Gasteiger partial charge >= 0.3 is 5.97 Å². The van der Waals surface area contributed by atoms with Crippen molar-refractivity contribution in [2.75, 3.05) is 20.2 Å². The average molecular weight is 366 g/mol. The van der Waals surface area contributed by atoms with E-state index in [-0.39, 0.29) is 17.9 Å². The minimum Gasteiger partial charge on any atom is -0.467 e. The lowest BCUT2D eigenvalue weighted by Gasteiger charge is -2.37. The van der Waals surface area contributed by atoms with Gasteiger partial charge in [-0.05, 0) is 28.7 Å². The normalized spacial score (nSPS) is 21.3. The third kappa shape index (κ3) is 3.98. The number of hydrogen-bond acceptors (Lipinski definition) is 4. The lowest BCUT2D eigenvalue weighted by Crippen LogP contribution is -2.60. The molecule has 1 heterocycles. The fourth-order valence-electron chi connectivity index (χ4n) is 3.98. The average Bonchev–Trinajstić information content (AvgIpc) is 3.51. The van der Waals surface area contributed by atoms with E-state index >= 15 is 0 Å². The molecule has 142 valence electrons. The molecule has 2 fully saturated rings. The summed E-state index contributed by atoms with van der Waals surface area (Å²) in [4.78, 5) is 27.3. The number of fused-ring (bicyclic) bond motifs is 1. The van der Waals surface area contributed by atoms with Crippen LogP contribution >= 0.6 is 0 Å². The van der Waals surface area contributed by atoms with E-state index in [0.717, 1.165) is 17.4 Å². The molecule has 2 aliphatic rings. The smallest absolute Gasteiger partial charge is 0.328 e. The molecule has 1 N–H and O–H groups in total.